The van der Waals surface area contributed by atoms with E-state index in [1.807, 2.05) is 32.9 Å². The van der Waals surface area contributed by atoms with E-state index in [-0.39, 0.29) is 12.8 Å². The Morgan fingerprint density at radius 2 is 1.40 bits per heavy atom. The van der Waals surface area contributed by atoms with Crippen molar-refractivity contribution in [2.45, 2.75) is 102 Å². The molecule has 1 nitrogen and oxygen atoms in total. The Bertz CT molecular complexity index is 765. The first-order valence-electron chi connectivity index (χ1n) is 12.8. The van der Waals surface area contributed by atoms with Gasteiger partial charge in [-0.3, -0.25) is 0 Å². The lowest BCUT2D eigenvalue weighted by Gasteiger charge is -2.35. The molecule has 0 amide bonds. The Morgan fingerprint density at radius 1 is 0.943 bits per heavy atom. The Hall–Kier alpha value is -2.54. The molecule has 0 aliphatic rings. The summed E-state index contributed by atoms with van der Waals surface area (Å²) in [5, 5.41) is 0. The second-order valence-electron chi connectivity index (χ2n) is 8.44. The lowest BCUT2D eigenvalue weighted by molar-refractivity contribution is 0.357. The highest BCUT2D eigenvalue weighted by molar-refractivity contribution is 5.69. The van der Waals surface area contributed by atoms with E-state index in [4.69, 9.17) is 0 Å². The second-order valence-corrected chi connectivity index (χ2v) is 8.44. The summed E-state index contributed by atoms with van der Waals surface area (Å²) in [6.07, 6.45) is 14.4. The molecule has 200 valence electrons. The first-order chi connectivity index (χ1) is 16.1. The molecule has 0 bridgehead atoms. The number of aryl methyl sites for hydroxylation is 1. The Labute approximate surface area is 221 Å². The fraction of sp³-hybridized carbons (Fsp3) is 0.471. The highest BCUT2D eigenvalue weighted by Crippen LogP contribution is 2.42. The lowest BCUT2D eigenvalue weighted by atomic mass is 9.70. The summed E-state index contributed by atoms with van der Waals surface area (Å²) in [4.78, 5) is 0. The highest BCUT2D eigenvalue weighted by atomic mass is 14.5. The fourth-order valence-corrected chi connectivity index (χ4v) is 3.74. The van der Waals surface area contributed by atoms with Crippen LogP contribution in [-0.4, -0.2) is 0 Å². The largest absolute Gasteiger partial charge is 0.405 e. The van der Waals surface area contributed by atoms with E-state index in [0.717, 1.165) is 0 Å². The van der Waals surface area contributed by atoms with Crippen molar-refractivity contribution < 1.29 is 0 Å². The van der Waals surface area contributed by atoms with Crippen LogP contribution in [0.4, 0.5) is 0 Å². The molecule has 0 saturated heterocycles. The third-order valence-electron chi connectivity index (χ3n) is 5.68. The summed E-state index contributed by atoms with van der Waals surface area (Å²) in [6, 6.07) is 8.62. The predicted octanol–water partition coefficient (Wildman–Crippen LogP) is 11.4. The molecule has 0 spiro atoms. The summed E-state index contributed by atoms with van der Waals surface area (Å²) in [6.45, 7) is 32.6. The smallest absolute Gasteiger partial charge is 0.0109 e. The molecule has 0 aliphatic carbocycles. The Kier molecular flexibility index (Phi) is 27.9. The average molecular weight is 482 g/mol. The minimum atomic E-state index is 0. The standard InChI is InChI=1S/C16H20.C13H24.C2H5N.C2H6.CH4/c1-5-6-7-10-14(3)15(4)16-11-8-9-13(2)12-16;1-7-9-13(10-8-2,11(3)4)12(5)6;1-2-3;1-2;/h5-12H,1-4H3;3,5,7-10H2,1-2,4,6H3;2H,1,3H2;1-2H3;1H4/b6-5-,10-7-,15-14-;;;;. The minimum Gasteiger partial charge on any atom is -0.405 e. The SMILES string of the molecule is C.C=C(C)C(CCC)(CCC)C(=C)C.C=CN.CC.C\C=C/C=C\C(C)=C(\C)c1cccc(C)c1. The zero-order valence-corrected chi connectivity index (χ0v) is 24.2. The number of nitrogens with two attached hydrogens (primary N) is 1. The van der Waals surface area contributed by atoms with Gasteiger partial charge in [-0.1, -0.05) is 133 Å². The van der Waals surface area contributed by atoms with Gasteiger partial charge in [0.2, 0.25) is 0 Å². The van der Waals surface area contributed by atoms with Crippen LogP contribution in [0.2, 0.25) is 0 Å². The van der Waals surface area contributed by atoms with Crippen LogP contribution in [-0.2, 0) is 0 Å². The number of hydrogen-bond acceptors (Lipinski definition) is 1. The number of benzene rings is 1. The molecule has 1 rings (SSSR count). The summed E-state index contributed by atoms with van der Waals surface area (Å²) in [5.74, 6) is 0. The average Bonchev–Trinajstić information content (AvgIpc) is 2.80. The van der Waals surface area contributed by atoms with E-state index in [1.165, 1.54) is 65.3 Å². The maximum Gasteiger partial charge on any atom is 0.0109 e. The van der Waals surface area contributed by atoms with Gasteiger partial charge in [0, 0.05) is 5.41 Å². The Balaban J connectivity index is -0.000000229. The van der Waals surface area contributed by atoms with Crippen LogP contribution in [0.1, 0.15) is 107 Å². The molecule has 0 fully saturated rings. The van der Waals surface area contributed by atoms with Crippen molar-refractivity contribution in [1.29, 1.82) is 0 Å². The summed E-state index contributed by atoms with van der Waals surface area (Å²) >= 11 is 0. The molecular weight excluding hydrogens is 422 g/mol. The highest BCUT2D eigenvalue weighted by Gasteiger charge is 2.29. The van der Waals surface area contributed by atoms with Crippen molar-refractivity contribution in [2.24, 2.45) is 11.1 Å². The van der Waals surface area contributed by atoms with E-state index in [2.05, 4.69) is 110 Å². The van der Waals surface area contributed by atoms with Gasteiger partial charge in [-0.05, 0) is 77.3 Å². The number of allylic oxidation sites excluding steroid dienone is 8. The van der Waals surface area contributed by atoms with E-state index in [0.29, 0.717) is 0 Å². The van der Waals surface area contributed by atoms with Crippen LogP contribution in [0.5, 0.6) is 0 Å². The van der Waals surface area contributed by atoms with Crippen LogP contribution >= 0.6 is 0 Å². The van der Waals surface area contributed by atoms with Crippen LogP contribution in [0.15, 0.2) is 91.2 Å². The van der Waals surface area contributed by atoms with Crippen LogP contribution in [0.25, 0.3) is 5.57 Å². The molecule has 1 aromatic carbocycles. The zero-order chi connectivity index (χ0) is 27.2. The number of hydrogen-bond donors (Lipinski definition) is 1. The van der Waals surface area contributed by atoms with Crippen molar-refractivity contribution in [3.63, 3.8) is 0 Å². The van der Waals surface area contributed by atoms with Crippen LogP contribution in [0.3, 0.4) is 0 Å². The van der Waals surface area contributed by atoms with Gasteiger partial charge in [0.05, 0.1) is 0 Å². The Morgan fingerprint density at radius 3 is 1.74 bits per heavy atom. The number of rotatable bonds is 9. The first kappa shape index (κ1) is 39.7. The molecular formula is C34H59N. The van der Waals surface area contributed by atoms with Crippen molar-refractivity contribution in [2.75, 3.05) is 0 Å². The van der Waals surface area contributed by atoms with Crippen molar-refractivity contribution >= 4 is 5.57 Å². The molecule has 2 N–H and O–H groups in total. The van der Waals surface area contributed by atoms with Gasteiger partial charge in [0.1, 0.15) is 0 Å². The van der Waals surface area contributed by atoms with Gasteiger partial charge in [0.25, 0.3) is 0 Å². The normalized spacial score (nSPS) is 10.9. The topological polar surface area (TPSA) is 26.0 Å². The molecule has 0 aromatic heterocycles. The molecule has 0 atom stereocenters. The van der Waals surface area contributed by atoms with Gasteiger partial charge in [-0.2, -0.15) is 0 Å². The van der Waals surface area contributed by atoms with Gasteiger partial charge >= 0.3 is 0 Å². The third-order valence-corrected chi connectivity index (χ3v) is 5.68. The van der Waals surface area contributed by atoms with Crippen LogP contribution in [0, 0.1) is 12.3 Å². The monoisotopic (exact) mass is 481 g/mol. The minimum absolute atomic E-state index is 0. The quantitative estimate of drug-likeness (QED) is 0.275. The summed E-state index contributed by atoms with van der Waals surface area (Å²) in [5.41, 5.74) is 12.6. The molecule has 1 heteroatoms. The molecule has 35 heavy (non-hydrogen) atoms. The molecule has 0 saturated carbocycles. The summed E-state index contributed by atoms with van der Waals surface area (Å²) in [7, 11) is 0. The van der Waals surface area contributed by atoms with E-state index < -0.39 is 0 Å². The zero-order valence-electron chi connectivity index (χ0n) is 24.2. The maximum absolute atomic E-state index is 4.61. The first-order valence-corrected chi connectivity index (χ1v) is 12.8. The third kappa shape index (κ3) is 16.7. The van der Waals surface area contributed by atoms with Gasteiger partial charge in [-0.25, -0.2) is 0 Å². The molecule has 1 aromatic rings. The van der Waals surface area contributed by atoms with Crippen molar-refractivity contribution in [1.82, 2.24) is 0 Å². The molecule has 0 aliphatic heterocycles. The van der Waals surface area contributed by atoms with E-state index in [1.54, 1.807) is 0 Å². The van der Waals surface area contributed by atoms with Crippen LogP contribution < -0.4 is 5.73 Å². The van der Waals surface area contributed by atoms with Gasteiger partial charge in [0.15, 0.2) is 0 Å². The van der Waals surface area contributed by atoms with E-state index >= 15 is 0 Å². The van der Waals surface area contributed by atoms with Crippen molar-refractivity contribution in [3.05, 3.63) is 102 Å². The predicted molar refractivity (Wildman–Crippen MR) is 168 cm³/mol. The van der Waals surface area contributed by atoms with Crippen molar-refractivity contribution in [3.8, 4) is 0 Å². The lowest BCUT2D eigenvalue weighted by Crippen LogP contribution is -2.22. The van der Waals surface area contributed by atoms with Gasteiger partial charge < -0.3 is 5.73 Å². The maximum atomic E-state index is 4.61. The fourth-order valence-electron chi connectivity index (χ4n) is 3.74. The summed E-state index contributed by atoms with van der Waals surface area (Å²) < 4.78 is 0. The van der Waals surface area contributed by atoms with E-state index in [9.17, 15) is 0 Å². The molecule has 0 radical (unpaired) electrons. The second kappa shape index (κ2) is 24.6. The molecule has 0 unspecified atom stereocenters. The molecule has 0 heterocycles. The van der Waals surface area contributed by atoms with Gasteiger partial charge in [-0.15, -0.1) is 0 Å².